The highest BCUT2D eigenvalue weighted by Gasteiger charge is 2.29. The van der Waals surface area contributed by atoms with Gasteiger partial charge in [-0.25, -0.2) is 0 Å². The number of nitrogens with one attached hydrogen (secondary N) is 1. The summed E-state index contributed by atoms with van der Waals surface area (Å²) in [6, 6.07) is 0. The predicted molar refractivity (Wildman–Crippen MR) is 54.1 cm³/mol. The summed E-state index contributed by atoms with van der Waals surface area (Å²) in [5.74, 6) is 0.890. The van der Waals surface area contributed by atoms with Crippen molar-refractivity contribution in [3.63, 3.8) is 0 Å². The van der Waals surface area contributed by atoms with Crippen molar-refractivity contribution in [2.45, 2.75) is 25.7 Å². The zero-order chi connectivity index (χ0) is 9.80. The van der Waals surface area contributed by atoms with Crippen molar-refractivity contribution in [2.75, 3.05) is 26.3 Å². The van der Waals surface area contributed by atoms with Crippen LogP contribution in [0, 0.1) is 11.8 Å². The average molecular weight is 197 g/mol. The first-order valence-electron chi connectivity index (χ1n) is 5.70. The van der Waals surface area contributed by atoms with Gasteiger partial charge in [-0.05, 0) is 32.2 Å². The molecule has 3 heteroatoms. The second kappa shape index (κ2) is 4.89. The van der Waals surface area contributed by atoms with Gasteiger partial charge in [0.1, 0.15) is 5.78 Å². The molecule has 2 atom stereocenters. The van der Waals surface area contributed by atoms with Gasteiger partial charge in [0.2, 0.25) is 0 Å². The van der Waals surface area contributed by atoms with Crippen LogP contribution in [0.5, 0.6) is 0 Å². The van der Waals surface area contributed by atoms with Crippen molar-refractivity contribution in [1.29, 1.82) is 0 Å². The van der Waals surface area contributed by atoms with Gasteiger partial charge >= 0.3 is 0 Å². The fraction of sp³-hybridized carbons (Fsp3) is 0.909. The van der Waals surface area contributed by atoms with Gasteiger partial charge in [0.25, 0.3) is 0 Å². The zero-order valence-electron chi connectivity index (χ0n) is 8.63. The minimum atomic E-state index is 0.189. The molecule has 0 amide bonds. The number of ether oxygens (including phenoxy) is 1. The van der Waals surface area contributed by atoms with Crippen LogP contribution in [0.15, 0.2) is 0 Å². The van der Waals surface area contributed by atoms with Gasteiger partial charge in [-0.3, -0.25) is 4.79 Å². The van der Waals surface area contributed by atoms with Crippen LogP contribution >= 0.6 is 0 Å². The Balaban J connectivity index is 1.85. The van der Waals surface area contributed by atoms with Crippen LogP contribution < -0.4 is 5.32 Å². The molecule has 0 radical (unpaired) electrons. The topological polar surface area (TPSA) is 38.3 Å². The lowest BCUT2D eigenvalue weighted by molar-refractivity contribution is -0.131. The number of rotatable bonds is 2. The molecule has 0 aromatic rings. The number of piperidine rings is 1. The van der Waals surface area contributed by atoms with E-state index >= 15 is 0 Å². The van der Waals surface area contributed by atoms with E-state index < -0.39 is 0 Å². The Morgan fingerprint density at radius 3 is 2.71 bits per heavy atom. The summed E-state index contributed by atoms with van der Waals surface area (Å²) in [5.41, 5.74) is 0. The molecule has 2 aliphatic rings. The maximum absolute atomic E-state index is 12.0. The molecule has 2 fully saturated rings. The highest BCUT2D eigenvalue weighted by molar-refractivity contribution is 5.83. The molecule has 0 unspecified atom stereocenters. The van der Waals surface area contributed by atoms with E-state index in [4.69, 9.17) is 4.74 Å². The molecule has 3 nitrogen and oxygen atoms in total. The van der Waals surface area contributed by atoms with Crippen molar-refractivity contribution >= 4 is 5.78 Å². The monoisotopic (exact) mass is 197 g/mol. The summed E-state index contributed by atoms with van der Waals surface area (Å²) >= 11 is 0. The summed E-state index contributed by atoms with van der Waals surface area (Å²) < 4.78 is 5.35. The highest BCUT2D eigenvalue weighted by Crippen LogP contribution is 2.22. The van der Waals surface area contributed by atoms with Gasteiger partial charge in [-0.15, -0.1) is 0 Å². The van der Waals surface area contributed by atoms with Gasteiger partial charge in [0.05, 0.1) is 6.61 Å². The van der Waals surface area contributed by atoms with Crippen LogP contribution in [0.3, 0.4) is 0 Å². The molecular formula is C11H19NO2. The fourth-order valence-electron chi connectivity index (χ4n) is 2.39. The van der Waals surface area contributed by atoms with Crippen LogP contribution in [-0.2, 0) is 9.53 Å². The molecule has 2 rings (SSSR count). The standard InChI is InChI=1S/C11H19NO2/c13-11(9-3-1-5-12-7-9)10-4-2-6-14-8-10/h9-10,12H,1-8H2/t9-,10+/m0/s1. The van der Waals surface area contributed by atoms with Crippen LogP contribution in [-0.4, -0.2) is 32.1 Å². The smallest absolute Gasteiger partial charge is 0.142 e. The van der Waals surface area contributed by atoms with Crippen LogP contribution in [0.1, 0.15) is 25.7 Å². The zero-order valence-corrected chi connectivity index (χ0v) is 8.63. The van der Waals surface area contributed by atoms with Crippen molar-refractivity contribution in [1.82, 2.24) is 5.32 Å². The number of hydrogen-bond acceptors (Lipinski definition) is 3. The van der Waals surface area contributed by atoms with Gasteiger partial charge in [0, 0.05) is 25.0 Å². The second-order valence-electron chi connectivity index (χ2n) is 4.36. The van der Waals surface area contributed by atoms with Crippen molar-refractivity contribution in [3.05, 3.63) is 0 Å². The lowest BCUT2D eigenvalue weighted by Crippen LogP contribution is -2.39. The van der Waals surface area contributed by atoms with Crippen LogP contribution in [0.4, 0.5) is 0 Å². The summed E-state index contributed by atoms with van der Waals surface area (Å²) in [7, 11) is 0. The lowest BCUT2D eigenvalue weighted by atomic mass is 9.85. The average Bonchev–Trinajstić information content (AvgIpc) is 2.30. The molecule has 1 N–H and O–H groups in total. The first-order chi connectivity index (χ1) is 6.88. The molecule has 0 saturated carbocycles. The third kappa shape index (κ3) is 2.34. The highest BCUT2D eigenvalue weighted by atomic mass is 16.5. The Hall–Kier alpha value is -0.410. The summed E-state index contributed by atoms with van der Waals surface area (Å²) in [5, 5.41) is 3.29. The van der Waals surface area contributed by atoms with Crippen molar-refractivity contribution in [3.8, 4) is 0 Å². The second-order valence-corrected chi connectivity index (χ2v) is 4.36. The molecule has 0 aromatic carbocycles. The first-order valence-corrected chi connectivity index (χ1v) is 5.70. The van der Waals surface area contributed by atoms with E-state index in [2.05, 4.69) is 5.32 Å². The minimum Gasteiger partial charge on any atom is -0.381 e. The molecule has 80 valence electrons. The quantitative estimate of drug-likeness (QED) is 0.717. The Labute approximate surface area is 85.2 Å². The van der Waals surface area contributed by atoms with E-state index in [1.165, 1.54) is 0 Å². The molecule has 0 bridgehead atoms. The first kappa shape index (κ1) is 10.1. The third-order valence-electron chi connectivity index (χ3n) is 3.26. The number of ketones is 1. The maximum atomic E-state index is 12.0. The number of carbonyl (C=O) groups is 1. The number of carbonyl (C=O) groups excluding carboxylic acids is 1. The molecule has 0 aromatic heterocycles. The van der Waals surface area contributed by atoms with Crippen LogP contribution in [0.2, 0.25) is 0 Å². The summed E-state index contributed by atoms with van der Waals surface area (Å²) in [6.07, 6.45) is 4.30. The number of hydrogen-bond donors (Lipinski definition) is 1. The molecular weight excluding hydrogens is 178 g/mol. The Morgan fingerprint density at radius 1 is 1.21 bits per heavy atom. The molecule has 2 heterocycles. The van der Waals surface area contributed by atoms with E-state index in [9.17, 15) is 4.79 Å². The van der Waals surface area contributed by atoms with Crippen molar-refractivity contribution < 1.29 is 9.53 Å². The molecule has 2 saturated heterocycles. The van der Waals surface area contributed by atoms with Crippen LogP contribution in [0.25, 0.3) is 0 Å². The molecule has 2 aliphatic heterocycles. The van der Waals surface area contributed by atoms with Gasteiger partial charge in [0.15, 0.2) is 0 Å². The van der Waals surface area contributed by atoms with E-state index in [1.54, 1.807) is 0 Å². The largest absolute Gasteiger partial charge is 0.381 e. The van der Waals surface area contributed by atoms with E-state index in [-0.39, 0.29) is 11.8 Å². The third-order valence-corrected chi connectivity index (χ3v) is 3.26. The Morgan fingerprint density at radius 2 is 2.07 bits per heavy atom. The Bertz CT molecular complexity index is 173. The van der Waals surface area contributed by atoms with E-state index in [0.29, 0.717) is 12.4 Å². The normalized spacial score (nSPS) is 34.0. The SMILES string of the molecule is O=C([C@@H]1CCCOC1)[C@H]1CCCNC1. The Kier molecular flexibility index (Phi) is 3.54. The van der Waals surface area contributed by atoms with E-state index in [0.717, 1.165) is 45.4 Å². The van der Waals surface area contributed by atoms with Gasteiger partial charge < -0.3 is 10.1 Å². The maximum Gasteiger partial charge on any atom is 0.142 e. The molecule has 14 heavy (non-hydrogen) atoms. The molecule has 0 aliphatic carbocycles. The lowest BCUT2D eigenvalue weighted by Gasteiger charge is -2.28. The minimum absolute atomic E-state index is 0.189. The van der Waals surface area contributed by atoms with Gasteiger partial charge in [-0.2, -0.15) is 0 Å². The van der Waals surface area contributed by atoms with Crippen molar-refractivity contribution in [2.24, 2.45) is 11.8 Å². The van der Waals surface area contributed by atoms with E-state index in [1.807, 2.05) is 0 Å². The fourth-order valence-corrected chi connectivity index (χ4v) is 2.39. The van der Waals surface area contributed by atoms with Gasteiger partial charge in [-0.1, -0.05) is 0 Å². The molecule has 0 spiro atoms. The number of Topliss-reactive ketones (excluding diaryl/α,β-unsaturated/α-hetero) is 1. The summed E-state index contributed by atoms with van der Waals surface area (Å²) in [4.78, 5) is 12.0. The predicted octanol–water partition coefficient (Wildman–Crippen LogP) is 0.982. The summed E-state index contributed by atoms with van der Waals surface area (Å²) in [6.45, 7) is 3.46.